The number of ether oxygens (including phenoxy) is 1. The van der Waals surface area contributed by atoms with Crippen LogP contribution < -0.4 is 0 Å². The van der Waals surface area contributed by atoms with Gasteiger partial charge in [0.1, 0.15) is 11.9 Å². The summed E-state index contributed by atoms with van der Waals surface area (Å²) in [5.74, 6) is 1.34. The van der Waals surface area contributed by atoms with Crippen molar-refractivity contribution in [2.24, 2.45) is 0 Å². The zero-order chi connectivity index (χ0) is 13.7. The van der Waals surface area contributed by atoms with Crippen molar-refractivity contribution in [3.05, 3.63) is 41.5 Å². The van der Waals surface area contributed by atoms with Gasteiger partial charge in [-0.05, 0) is 24.1 Å². The SMILES string of the molecule is CCCC(OC)c1noc(Cc2cccc(O)c2)n1. The van der Waals surface area contributed by atoms with Gasteiger partial charge in [-0.15, -0.1) is 0 Å². The predicted octanol–water partition coefficient (Wildman–Crippen LogP) is 2.85. The van der Waals surface area contributed by atoms with Crippen LogP contribution in [0.25, 0.3) is 0 Å². The molecule has 2 rings (SSSR count). The van der Waals surface area contributed by atoms with E-state index in [1.54, 1.807) is 25.3 Å². The van der Waals surface area contributed by atoms with Gasteiger partial charge >= 0.3 is 0 Å². The van der Waals surface area contributed by atoms with Crippen LogP contribution in [0.3, 0.4) is 0 Å². The molecular formula is C14H18N2O3. The average Bonchev–Trinajstić information content (AvgIpc) is 2.84. The normalized spacial score (nSPS) is 12.5. The average molecular weight is 262 g/mol. The molecule has 0 saturated heterocycles. The molecule has 0 amide bonds. The summed E-state index contributed by atoms with van der Waals surface area (Å²) < 4.78 is 10.5. The molecule has 19 heavy (non-hydrogen) atoms. The molecule has 0 aliphatic heterocycles. The largest absolute Gasteiger partial charge is 0.508 e. The van der Waals surface area contributed by atoms with Crippen LogP contribution in [0.2, 0.25) is 0 Å². The van der Waals surface area contributed by atoms with E-state index < -0.39 is 0 Å². The van der Waals surface area contributed by atoms with Crippen LogP contribution in [-0.4, -0.2) is 22.4 Å². The minimum atomic E-state index is -0.119. The first-order valence-corrected chi connectivity index (χ1v) is 6.36. The van der Waals surface area contributed by atoms with Crippen molar-refractivity contribution >= 4 is 0 Å². The molecule has 0 spiro atoms. The molecule has 2 aromatic rings. The molecule has 0 saturated carbocycles. The van der Waals surface area contributed by atoms with Crippen LogP contribution >= 0.6 is 0 Å². The maximum atomic E-state index is 9.41. The quantitative estimate of drug-likeness (QED) is 0.867. The van der Waals surface area contributed by atoms with Crippen LogP contribution in [0.5, 0.6) is 5.75 Å². The number of benzene rings is 1. The molecule has 0 fully saturated rings. The van der Waals surface area contributed by atoms with Crippen molar-refractivity contribution < 1.29 is 14.4 Å². The van der Waals surface area contributed by atoms with Gasteiger partial charge in [0.05, 0.1) is 6.42 Å². The van der Waals surface area contributed by atoms with E-state index in [-0.39, 0.29) is 11.9 Å². The zero-order valence-electron chi connectivity index (χ0n) is 11.2. The highest BCUT2D eigenvalue weighted by Crippen LogP contribution is 2.20. The smallest absolute Gasteiger partial charge is 0.231 e. The highest BCUT2D eigenvalue weighted by molar-refractivity contribution is 5.28. The van der Waals surface area contributed by atoms with Crippen molar-refractivity contribution in [1.29, 1.82) is 0 Å². The van der Waals surface area contributed by atoms with E-state index in [9.17, 15) is 5.11 Å². The maximum Gasteiger partial charge on any atom is 0.231 e. The third kappa shape index (κ3) is 3.54. The molecule has 5 heteroatoms. The van der Waals surface area contributed by atoms with Gasteiger partial charge in [0.2, 0.25) is 11.7 Å². The van der Waals surface area contributed by atoms with E-state index in [0.717, 1.165) is 18.4 Å². The fraction of sp³-hybridized carbons (Fsp3) is 0.429. The van der Waals surface area contributed by atoms with Crippen LogP contribution in [0.15, 0.2) is 28.8 Å². The number of aromatic nitrogens is 2. The number of aromatic hydroxyl groups is 1. The summed E-state index contributed by atoms with van der Waals surface area (Å²) in [6, 6.07) is 7.01. The van der Waals surface area contributed by atoms with Crippen LogP contribution in [-0.2, 0) is 11.2 Å². The molecule has 1 aromatic carbocycles. The molecule has 1 heterocycles. The van der Waals surface area contributed by atoms with Gasteiger partial charge in [-0.1, -0.05) is 30.6 Å². The fourth-order valence-corrected chi connectivity index (χ4v) is 1.93. The topological polar surface area (TPSA) is 68.4 Å². The summed E-state index contributed by atoms with van der Waals surface area (Å²) in [4.78, 5) is 4.34. The summed E-state index contributed by atoms with van der Waals surface area (Å²) in [7, 11) is 1.64. The number of phenolic OH excluding ortho intramolecular Hbond substituents is 1. The van der Waals surface area contributed by atoms with E-state index in [0.29, 0.717) is 18.1 Å². The predicted molar refractivity (Wildman–Crippen MR) is 69.9 cm³/mol. The van der Waals surface area contributed by atoms with Crippen molar-refractivity contribution in [3.63, 3.8) is 0 Å². The van der Waals surface area contributed by atoms with Gasteiger partial charge in [0, 0.05) is 7.11 Å². The molecule has 1 unspecified atom stereocenters. The first kappa shape index (κ1) is 13.5. The third-order valence-corrected chi connectivity index (χ3v) is 2.87. The van der Waals surface area contributed by atoms with Crippen LogP contribution in [0.4, 0.5) is 0 Å². The van der Waals surface area contributed by atoms with E-state index >= 15 is 0 Å². The Labute approximate surface area is 112 Å². The Kier molecular flexibility index (Phi) is 4.52. The number of methoxy groups -OCH3 is 1. The minimum absolute atomic E-state index is 0.119. The number of nitrogens with zero attached hydrogens (tertiary/aromatic N) is 2. The van der Waals surface area contributed by atoms with Gasteiger partial charge < -0.3 is 14.4 Å². The van der Waals surface area contributed by atoms with E-state index in [2.05, 4.69) is 17.1 Å². The van der Waals surface area contributed by atoms with Crippen LogP contribution in [0.1, 0.15) is 43.1 Å². The zero-order valence-corrected chi connectivity index (χ0v) is 11.2. The highest BCUT2D eigenvalue weighted by atomic mass is 16.5. The molecule has 1 atom stereocenters. The summed E-state index contributed by atoms with van der Waals surface area (Å²) in [6.07, 6.45) is 2.24. The Bertz CT molecular complexity index is 525. The molecule has 102 valence electrons. The first-order chi connectivity index (χ1) is 9.22. The highest BCUT2D eigenvalue weighted by Gasteiger charge is 2.17. The van der Waals surface area contributed by atoms with Gasteiger partial charge in [-0.3, -0.25) is 0 Å². The lowest BCUT2D eigenvalue weighted by Gasteiger charge is -2.08. The molecule has 0 aliphatic rings. The number of hydrogen-bond donors (Lipinski definition) is 1. The number of hydrogen-bond acceptors (Lipinski definition) is 5. The lowest BCUT2D eigenvalue weighted by molar-refractivity contribution is 0.0854. The van der Waals surface area contributed by atoms with Crippen molar-refractivity contribution in [2.75, 3.05) is 7.11 Å². The van der Waals surface area contributed by atoms with Crippen LogP contribution in [0, 0.1) is 0 Å². The van der Waals surface area contributed by atoms with Gasteiger partial charge in [0.25, 0.3) is 0 Å². The summed E-state index contributed by atoms with van der Waals surface area (Å²) in [5.41, 5.74) is 0.930. The van der Waals surface area contributed by atoms with Crippen molar-refractivity contribution in [3.8, 4) is 5.75 Å². The molecule has 0 aliphatic carbocycles. The van der Waals surface area contributed by atoms with E-state index in [1.807, 2.05) is 6.07 Å². The van der Waals surface area contributed by atoms with Gasteiger partial charge in [-0.25, -0.2) is 0 Å². The Balaban J connectivity index is 2.08. The lowest BCUT2D eigenvalue weighted by Crippen LogP contribution is -2.03. The Morgan fingerprint density at radius 1 is 1.42 bits per heavy atom. The van der Waals surface area contributed by atoms with Gasteiger partial charge in [0.15, 0.2) is 0 Å². The van der Waals surface area contributed by atoms with E-state index in [4.69, 9.17) is 9.26 Å². The second-order valence-electron chi connectivity index (χ2n) is 4.41. The molecule has 5 nitrogen and oxygen atoms in total. The second kappa shape index (κ2) is 6.33. The maximum absolute atomic E-state index is 9.41. The summed E-state index contributed by atoms with van der Waals surface area (Å²) in [6.45, 7) is 2.08. The molecular weight excluding hydrogens is 244 g/mol. The molecule has 0 bridgehead atoms. The first-order valence-electron chi connectivity index (χ1n) is 6.36. The Hall–Kier alpha value is -1.88. The van der Waals surface area contributed by atoms with Crippen molar-refractivity contribution in [1.82, 2.24) is 10.1 Å². The summed E-state index contributed by atoms with van der Waals surface area (Å²) >= 11 is 0. The molecule has 1 N–H and O–H groups in total. The third-order valence-electron chi connectivity index (χ3n) is 2.87. The second-order valence-corrected chi connectivity index (χ2v) is 4.41. The number of phenols is 1. The lowest BCUT2D eigenvalue weighted by atomic mass is 10.1. The molecule has 1 aromatic heterocycles. The van der Waals surface area contributed by atoms with Crippen molar-refractivity contribution in [2.45, 2.75) is 32.3 Å². The number of rotatable bonds is 6. The van der Waals surface area contributed by atoms with Gasteiger partial charge in [-0.2, -0.15) is 4.98 Å². The fourth-order valence-electron chi connectivity index (χ4n) is 1.93. The standard InChI is InChI=1S/C14H18N2O3/c1-3-5-12(18-2)14-15-13(19-16-14)9-10-6-4-7-11(17)8-10/h4,6-8,12,17H,3,5,9H2,1-2H3. The molecule has 0 radical (unpaired) electrons. The monoisotopic (exact) mass is 262 g/mol. The summed E-state index contributed by atoms with van der Waals surface area (Å²) in [5, 5.41) is 13.4. The van der Waals surface area contributed by atoms with E-state index in [1.165, 1.54) is 0 Å². The minimum Gasteiger partial charge on any atom is -0.508 e. The Morgan fingerprint density at radius 2 is 2.26 bits per heavy atom. The Morgan fingerprint density at radius 3 is 2.95 bits per heavy atom.